The normalized spacial score (nSPS) is 10.4. The maximum Gasteiger partial charge on any atom is 0.359 e. The smallest absolute Gasteiger partial charge is 0.359 e. The molecule has 0 aliphatic rings. The number of carbonyl (C=O) groups excluding carboxylic acids is 3. The van der Waals surface area contributed by atoms with E-state index in [9.17, 15) is 19.2 Å². The van der Waals surface area contributed by atoms with E-state index < -0.39 is 24.0 Å². The Balaban J connectivity index is 1.54. The van der Waals surface area contributed by atoms with Gasteiger partial charge < -0.3 is 19.7 Å². The highest BCUT2D eigenvalue weighted by atomic mass is 16.5. The van der Waals surface area contributed by atoms with Gasteiger partial charge >= 0.3 is 5.97 Å². The first-order valence-electron chi connectivity index (χ1n) is 11.5. The molecule has 0 aliphatic carbocycles. The monoisotopic (exact) mass is 492 g/mol. The molecule has 2 amide bonds. The number of aromatic nitrogens is 2. The maximum absolute atomic E-state index is 12.5. The molecule has 1 heterocycles. The number of para-hydroxylation sites is 1. The zero-order chi connectivity index (χ0) is 25.9. The summed E-state index contributed by atoms with van der Waals surface area (Å²) in [5, 5.41) is 6.61. The molecule has 1 aromatic heterocycles. The molecule has 10 nitrogen and oxygen atoms in total. The van der Waals surface area contributed by atoms with E-state index in [1.807, 2.05) is 32.0 Å². The number of hydrogen-bond acceptors (Lipinski definition) is 7. The summed E-state index contributed by atoms with van der Waals surface area (Å²) in [6.07, 6.45) is 0. The highest BCUT2D eigenvalue weighted by Crippen LogP contribution is 2.13. The van der Waals surface area contributed by atoms with Crippen molar-refractivity contribution in [3.8, 4) is 5.75 Å². The predicted octanol–water partition coefficient (Wildman–Crippen LogP) is 2.60. The van der Waals surface area contributed by atoms with Gasteiger partial charge in [-0.25, -0.2) is 9.48 Å². The topological polar surface area (TPSA) is 120 Å². The van der Waals surface area contributed by atoms with Crippen LogP contribution in [0.15, 0.2) is 71.5 Å². The number of nitrogens with one attached hydrogen (secondary N) is 1. The number of hydrogen-bond donors (Lipinski definition) is 1. The first-order chi connectivity index (χ1) is 17.4. The molecule has 0 aliphatic heterocycles. The largest absolute Gasteiger partial charge is 0.492 e. The highest BCUT2D eigenvalue weighted by molar-refractivity contribution is 5.98. The quantitative estimate of drug-likeness (QED) is 0.409. The molecule has 1 N–H and O–H groups in total. The number of anilines is 1. The third-order valence-corrected chi connectivity index (χ3v) is 5.17. The van der Waals surface area contributed by atoms with Gasteiger partial charge in [-0.2, -0.15) is 5.10 Å². The Kier molecular flexibility index (Phi) is 9.33. The Morgan fingerprint density at radius 1 is 0.972 bits per heavy atom. The van der Waals surface area contributed by atoms with Gasteiger partial charge in [-0.3, -0.25) is 14.4 Å². The molecule has 0 radical (unpaired) electrons. The lowest BCUT2D eigenvalue weighted by molar-refractivity contribution is -0.119. The Morgan fingerprint density at radius 2 is 1.72 bits per heavy atom. The lowest BCUT2D eigenvalue weighted by Gasteiger charge is -2.19. The third kappa shape index (κ3) is 7.26. The number of amides is 2. The lowest BCUT2D eigenvalue weighted by atomic mass is 10.1. The van der Waals surface area contributed by atoms with Crippen LogP contribution in [0, 0.1) is 0 Å². The van der Waals surface area contributed by atoms with Crippen LogP contribution in [-0.4, -0.2) is 58.8 Å². The summed E-state index contributed by atoms with van der Waals surface area (Å²) < 4.78 is 11.7. The van der Waals surface area contributed by atoms with Gasteiger partial charge in [0.25, 0.3) is 17.4 Å². The summed E-state index contributed by atoms with van der Waals surface area (Å²) >= 11 is 0. The van der Waals surface area contributed by atoms with Gasteiger partial charge in [0.2, 0.25) is 0 Å². The molecule has 0 fully saturated rings. The van der Waals surface area contributed by atoms with Crippen molar-refractivity contribution in [3.05, 3.63) is 88.3 Å². The molecule has 3 rings (SSSR count). The number of esters is 1. The Labute approximate surface area is 208 Å². The fourth-order valence-corrected chi connectivity index (χ4v) is 3.31. The second-order valence-electron chi connectivity index (χ2n) is 7.62. The molecule has 188 valence electrons. The number of nitrogens with zero attached hydrogens (tertiary/aromatic N) is 3. The molecule has 0 spiro atoms. The minimum absolute atomic E-state index is 0.117. The summed E-state index contributed by atoms with van der Waals surface area (Å²) in [7, 11) is 0. The van der Waals surface area contributed by atoms with Crippen molar-refractivity contribution in [2.24, 2.45) is 0 Å². The lowest BCUT2D eigenvalue weighted by Crippen LogP contribution is -2.30. The Bertz CT molecular complexity index is 1250. The summed E-state index contributed by atoms with van der Waals surface area (Å²) in [4.78, 5) is 50.9. The van der Waals surface area contributed by atoms with Crippen LogP contribution >= 0.6 is 0 Å². The zero-order valence-electron chi connectivity index (χ0n) is 20.2. The van der Waals surface area contributed by atoms with Crippen molar-refractivity contribution in [1.29, 1.82) is 0 Å². The van der Waals surface area contributed by atoms with Crippen LogP contribution in [-0.2, 0) is 16.1 Å². The minimum Gasteiger partial charge on any atom is -0.492 e. The molecule has 2 aromatic carbocycles. The Morgan fingerprint density at radius 3 is 2.44 bits per heavy atom. The molecular weight excluding hydrogens is 464 g/mol. The van der Waals surface area contributed by atoms with Crippen LogP contribution in [0.5, 0.6) is 5.75 Å². The SMILES string of the molecule is CCN(CC)C(=O)c1cccc(NC(=O)COC(=O)c2ccc(=O)n(CCOc3ccccc3)n2)c1. The molecular formula is C26H28N4O6. The molecule has 3 aromatic rings. The van der Waals surface area contributed by atoms with E-state index >= 15 is 0 Å². The molecule has 0 atom stereocenters. The van der Waals surface area contributed by atoms with E-state index in [0.717, 1.165) is 4.68 Å². The summed E-state index contributed by atoms with van der Waals surface area (Å²) in [5.74, 6) is -0.929. The van der Waals surface area contributed by atoms with Crippen molar-refractivity contribution in [3.63, 3.8) is 0 Å². The highest BCUT2D eigenvalue weighted by Gasteiger charge is 2.16. The van der Waals surface area contributed by atoms with Gasteiger partial charge in [-0.15, -0.1) is 0 Å². The summed E-state index contributed by atoms with van der Waals surface area (Å²) in [5.41, 5.74) is 0.323. The van der Waals surface area contributed by atoms with Crippen molar-refractivity contribution < 1.29 is 23.9 Å². The van der Waals surface area contributed by atoms with Crippen molar-refractivity contribution in [2.45, 2.75) is 20.4 Å². The second-order valence-corrected chi connectivity index (χ2v) is 7.62. The molecule has 0 saturated carbocycles. The predicted molar refractivity (Wildman–Crippen MR) is 133 cm³/mol. The second kappa shape index (κ2) is 12.8. The molecule has 0 saturated heterocycles. The molecule has 36 heavy (non-hydrogen) atoms. The van der Waals surface area contributed by atoms with Gasteiger partial charge in [-0.1, -0.05) is 24.3 Å². The van der Waals surface area contributed by atoms with E-state index in [0.29, 0.717) is 30.1 Å². The van der Waals surface area contributed by atoms with Gasteiger partial charge in [0, 0.05) is 30.4 Å². The van der Waals surface area contributed by atoms with Crippen LogP contribution in [0.3, 0.4) is 0 Å². The number of ether oxygens (including phenoxy) is 2. The van der Waals surface area contributed by atoms with Crippen LogP contribution in [0.2, 0.25) is 0 Å². The molecule has 0 bridgehead atoms. The third-order valence-electron chi connectivity index (χ3n) is 5.17. The van der Waals surface area contributed by atoms with Crippen molar-refractivity contribution in [1.82, 2.24) is 14.7 Å². The number of rotatable bonds is 11. The van der Waals surface area contributed by atoms with E-state index in [2.05, 4.69) is 10.4 Å². The van der Waals surface area contributed by atoms with E-state index in [-0.39, 0.29) is 24.8 Å². The van der Waals surface area contributed by atoms with Crippen LogP contribution in [0.4, 0.5) is 5.69 Å². The van der Waals surface area contributed by atoms with E-state index in [1.54, 1.807) is 41.3 Å². The van der Waals surface area contributed by atoms with Crippen LogP contribution in [0.25, 0.3) is 0 Å². The van der Waals surface area contributed by atoms with E-state index in [1.165, 1.54) is 12.1 Å². The molecule has 0 unspecified atom stereocenters. The first kappa shape index (κ1) is 26.1. The van der Waals surface area contributed by atoms with Crippen LogP contribution < -0.4 is 15.6 Å². The van der Waals surface area contributed by atoms with Crippen LogP contribution in [0.1, 0.15) is 34.7 Å². The summed E-state index contributed by atoms with van der Waals surface area (Å²) in [6.45, 7) is 4.66. The van der Waals surface area contributed by atoms with Gasteiger partial charge in [0.1, 0.15) is 12.4 Å². The number of carbonyl (C=O) groups is 3. The fraction of sp³-hybridized carbons (Fsp3) is 0.269. The standard InChI is InChI=1S/C26H28N4O6/c1-3-29(4-2)25(33)19-9-8-10-20(17-19)27-23(31)18-36-26(34)22-13-14-24(32)30(28-22)15-16-35-21-11-6-5-7-12-21/h5-14,17H,3-4,15-16,18H2,1-2H3,(H,27,31). The number of benzene rings is 2. The first-order valence-corrected chi connectivity index (χ1v) is 11.5. The van der Waals surface area contributed by atoms with Gasteiger partial charge in [-0.05, 0) is 50.2 Å². The van der Waals surface area contributed by atoms with Gasteiger partial charge in [0.05, 0.1) is 6.54 Å². The van der Waals surface area contributed by atoms with Crippen molar-refractivity contribution >= 4 is 23.5 Å². The minimum atomic E-state index is -0.853. The average Bonchev–Trinajstić information content (AvgIpc) is 2.89. The van der Waals surface area contributed by atoms with E-state index in [4.69, 9.17) is 9.47 Å². The maximum atomic E-state index is 12.5. The van der Waals surface area contributed by atoms with Crippen molar-refractivity contribution in [2.75, 3.05) is 31.6 Å². The average molecular weight is 493 g/mol. The fourth-order valence-electron chi connectivity index (χ4n) is 3.31. The summed E-state index contributed by atoms with van der Waals surface area (Å²) in [6, 6.07) is 18.0. The molecule has 10 heteroatoms. The Hall–Kier alpha value is -4.47. The zero-order valence-corrected chi connectivity index (χ0v) is 20.2. The van der Waals surface area contributed by atoms with Gasteiger partial charge in [0.15, 0.2) is 12.3 Å².